The van der Waals surface area contributed by atoms with Crippen LogP contribution in [0.25, 0.3) is 0 Å². The molecular formula is C23H23N5O2S. The van der Waals surface area contributed by atoms with Crippen molar-refractivity contribution in [1.29, 1.82) is 0 Å². The molecule has 0 spiro atoms. The van der Waals surface area contributed by atoms with Crippen molar-refractivity contribution in [1.82, 2.24) is 15.3 Å². The van der Waals surface area contributed by atoms with Crippen LogP contribution in [0.15, 0.2) is 65.8 Å². The molecule has 3 aromatic rings. The Balaban J connectivity index is 1.40. The number of hydrogen-bond acceptors (Lipinski definition) is 6. The monoisotopic (exact) mass is 433 g/mol. The number of pyridine rings is 2. The normalized spacial score (nSPS) is 12.8. The van der Waals surface area contributed by atoms with E-state index < -0.39 is 0 Å². The summed E-state index contributed by atoms with van der Waals surface area (Å²) in [5.41, 5.74) is 3.00. The summed E-state index contributed by atoms with van der Waals surface area (Å²) in [6, 6.07) is 15.6. The van der Waals surface area contributed by atoms with Gasteiger partial charge in [-0.3, -0.25) is 14.6 Å². The highest BCUT2D eigenvalue weighted by atomic mass is 32.2. The molecule has 2 N–H and O–H groups in total. The van der Waals surface area contributed by atoms with Gasteiger partial charge in [-0.1, -0.05) is 23.8 Å². The Labute approximate surface area is 185 Å². The van der Waals surface area contributed by atoms with Gasteiger partial charge in [0.05, 0.1) is 30.0 Å². The average molecular weight is 434 g/mol. The molecule has 8 heteroatoms. The van der Waals surface area contributed by atoms with Crippen LogP contribution >= 0.6 is 11.8 Å². The third-order valence-electron chi connectivity index (χ3n) is 4.85. The van der Waals surface area contributed by atoms with Crippen molar-refractivity contribution < 1.29 is 9.59 Å². The molecule has 7 nitrogen and oxygen atoms in total. The van der Waals surface area contributed by atoms with Gasteiger partial charge in [0.15, 0.2) is 5.82 Å². The van der Waals surface area contributed by atoms with Crippen molar-refractivity contribution >= 4 is 35.1 Å². The maximum Gasteiger partial charge on any atom is 0.252 e. The van der Waals surface area contributed by atoms with E-state index in [-0.39, 0.29) is 18.4 Å². The molecule has 0 bridgehead atoms. The number of anilines is 2. The number of aromatic nitrogens is 2. The average Bonchev–Trinajstić information content (AvgIpc) is 2.80. The van der Waals surface area contributed by atoms with Crippen molar-refractivity contribution in [3.05, 3.63) is 77.7 Å². The maximum atomic E-state index is 12.6. The Morgan fingerprint density at radius 1 is 1.19 bits per heavy atom. The second-order valence-electron chi connectivity index (χ2n) is 7.16. The first-order chi connectivity index (χ1) is 15.1. The zero-order valence-electron chi connectivity index (χ0n) is 17.2. The van der Waals surface area contributed by atoms with Crippen LogP contribution in [-0.2, 0) is 11.3 Å². The summed E-state index contributed by atoms with van der Waals surface area (Å²) >= 11 is 1.69. The van der Waals surface area contributed by atoms with E-state index in [9.17, 15) is 9.59 Å². The number of fused-ring (bicyclic) bond motifs is 1. The number of benzene rings is 1. The van der Waals surface area contributed by atoms with Crippen molar-refractivity contribution in [3.8, 4) is 0 Å². The van der Waals surface area contributed by atoms with Gasteiger partial charge in [-0.2, -0.15) is 0 Å². The highest BCUT2D eigenvalue weighted by molar-refractivity contribution is 7.99. The van der Waals surface area contributed by atoms with Gasteiger partial charge in [0.25, 0.3) is 5.91 Å². The van der Waals surface area contributed by atoms with Crippen molar-refractivity contribution in [2.45, 2.75) is 18.4 Å². The zero-order valence-corrected chi connectivity index (χ0v) is 18.0. The van der Waals surface area contributed by atoms with Crippen LogP contribution in [0.3, 0.4) is 0 Å². The van der Waals surface area contributed by atoms with Gasteiger partial charge in [-0.15, -0.1) is 11.8 Å². The van der Waals surface area contributed by atoms with E-state index in [0.29, 0.717) is 30.2 Å². The van der Waals surface area contributed by atoms with Crippen LogP contribution in [0.2, 0.25) is 0 Å². The minimum Gasteiger partial charge on any atom is -0.359 e. The largest absolute Gasteiger partial charge is 0.359 e. The lowest BCUT2D eigenvalue weighted by Crippen LogP contribution is -2.40. The topological polar surface area (TPSA) is 87.2 Å². The number of rotatable bonds is 7. The Hall–Kier alpha value is -3.39. The van der Waals surface area contributed by atoms with E-state index in [1.165, 1.54) is 16.7 Å². The van der Waals surface area contributed by atoms with Crippen LogP contribution < -0.4 is 15.5 Å². The fourth-order valence-corrected chi connectivity index (χ4v) is 3.97. The van der Waals surface area contributed by atoms with Crippen LogP contribution in [0.5, 0.6) is 0 Å². The second-order valence-corrected chi connectivity index (χ2v) is 8.33. The predicted octanol–water partition coefficient (Wildman–Crippen LogP) is 3.27. The molecule has 0 aliphatic carbocycles. The molecule has 31 heavy (non-hydrogen) atoms. The van der Waals surface area contributed by atoms with Crippen molar-refractivity contribution in [3.63, 3.8) is 0 Å². The third kappa shape index (κ3) is 5.21. The summed E-state index contributed by atoms with van der Waals surface area (Å²) in [7, 11) is 0. The molecule has 0 unspecified atom stereocenters. The summed E-state index contributed by atoms with van der Waals surface area (Å²) in [5, 5.41) is 5.94. The molecule has 2 aromatic heterocycles. The number of hydrogen-bond donors (Lipinski definition) is 2. The summed E-state index contributed by atoms with van der Waals surface area (Å²) in [4.78, 5) is 36.6. The number of amides is 2. The first-order valence-corrected chi connectivity index (χ1v) is 11.0. The van der Waals surface area contributed by atoms with Gasteiger partial charge in [0.2, 0.25) is 5.91 Å². The molecule has 1 aromatic carbocycles. The molecule has 0 radical (unpaired) electrons. The van der Waals surface area contributed by atoms with Gasteiger partial charge in [0.1, 0.15) is 0 Å². The minimum absolute atomic E-state index is 0.0907. The maximum absolute atomic E-state index is 12.6. The smallest absolute Gasteiger partial charge is 0.252 e. The number of aryl methyl sites for hydroxylation is 1. The highest BCUT2D eigenvalue weighted by Crippen LogP contribution is 2.29. The Kier molecular flexibility index (Phi) is 6.47. The zero-order chi connectivity index (χ0) is 21.6. The third-order valence-corrected chi connectivity index (χ3v) is 5.87. The minimum atomic E-state index is -0.212. The first kappa shape index (κ1) is 20.9. The molecule has 0 fully saturated rings. The predicted molar refractivity (Wildman–Crippen MR) is 122 cm³/mol. The van der Waals surface area contributed by atoms with E-state index in [1.807, 2.05) is 18.2 Å². The van der Waals surface area contributed by atoms with E-state index in [1.54, 1.807) is 28.9 Å². The Morgan fingerprint density at radius 2 is 2.03 bits per heavy atom. The summed E-state index contributed by atoms with van der Waals surface area (Å²) in [6.45, 7) is 3.08. The van der Waals surface area contributed by atoms with E-state index in [2.05, 4.69) is 51.8 Å². The lowest BCUT2D eigenvalue weighted by molar-refractivity contribution is -0.117. The van der Waals surface area contributed by atoms with Gasteiger partial charge < -0.3 is 15.5 Å². The van der Waals surface area contributed by atoms with Gasteiger partial charge in [0, 0.05) is 29.6 Å². The Morgan fingerprint density at radius 3 is 2.81 bits per heavy atom. The van der Waals surface area contributed by atoms with Crippen LogP contribution in [0.4, 0.5) is 11.5 Å². The summed E-state index contributed by atoms with van der Waals surface area (Å²) in [5.74, 6) is 1.04. The van der Waals surface area contributed by atoms with Gasteiger partial charge in [-0.05, 0) is 37.3 Å². The lowest BCUT2D eigenvalue weighted by Gasteiger charge is -2.29. The molecular weight excluding hydrogens is 410 g/mol. The van der Waals surface area contributed by atoms with Crippen molar-refractivity contribution in [2.75, 3.05) is 29.1 Å². The summed E-state index contributed by atoms with van der Waals surface area (Å²) < 4.78 is 0. The Bertz CT molecular complexity index is 1070. The number of thioether (sulfide) groups is 1. The van der Waals surface area contributed by atoms with E-state index >= 15 is 0 Å². The van der Waals surface area contributed by atoms with Crippen LogP contribution in [0.1, 0.15) is 21.6 Å². The molecule has 4 rings (SSSR count). The van der Waals surface area contributed by atoms with Gasteiger partial charge in [-0.25, -0.2) is 4.98 Å². The molecule has 0 atom stereocenters. The standard InChI is InChI=1S/C23H23N5O2S/c1-16-5-7-19(8-6-16)31-11-10-25-23(30)17-12-20-22(26-13-17)27-14-21(29)28(20)15-18-4-2-3-9-24-18/h2-9,12-13H,10-11,14-15H2,1H3,(H,25,30)(H,26,27). The molecule has 158 valence electrons. The molecule has 1 aliphatic rings. The molecule has 3 heterocycles. The van der Waals surface area contributed by atoms with E-state index in [4.69, 9.17) is 0 Å². The quantitative estimate of drug-likeness (QED) is 0.439. The first-order valence-electron chi connectivity index (χ1n) is 10.0. The number of carbonyl (C=O) groups excluding carboxylic acids is 2. The summed E-state index contributed by atoms with van der Waals surface area (Å²) in [6.07, 6.45) is 3.22. The van der Waals surface area contributed by atoms with Crippen molar-refractivity contribution in [2.24, 2.45) is 0 Å². The van der Waals surface area contributed by atoms with Gasteiger partial charge >= 0.3 is 0 Å². The molecule has 1 aliphatic heterocycles. The fraction of sp³-hybridized carbons (Fsp3) is 0.217. The van der Waals surface area contributed by atoms with Crippen LogP contribution in [0, 0.1) is 6.92 Å². The van der Waals surface area contributed by atoms with E-state index in [0.717, 1.165) is 11.4 Å². The second kappa shape index (κ2) is 9.61. The molecule has 2 amide bonds. The SMILES string of the molecule is Cc1ccc(SCCNC(=O)c2cnc3c(c2)N(Cc2ccccn2)C(=O)CN3)cc1. The lowest BCUT2D eigenvalue weighted by atomic mass is 10.2. The fourth-order valence-electron chi connectivity index (χ4n) is 3.21. The number of carbonyl (C=O) groups is 2. The number of nitrogens with zero attached hydrogens (tertiary/aromatic N) is 3. The molecule has 0 saturated heterocycles. The molecule has 0 saturated carbocycles. The highest BCUT2D eigenvalue weighted by Gasteiger charge is 2.26. The van der Waals surface area contributed by atoms with Crippen LogP contribution in [-0.4, -0.2) is 40.6 Å². The number of nitrogens with one attached hydrogen (secondary N) is 2.